The minimum absolute atomic E-state index is 0.296. The Hall–Kier alpha value is -1.61. The Labute approximate surface area is 153 Å². The molecule has 8 heteroatoms. The molecular formula is C16H14BrN3O2S2. The average molecular weight is 424 g/mol. The molecule has 0 bridgehead atoms. The normalized spacial score (nSPS) is 11.5. The Balaban J connectivity index is 1.59. The van der Waals surface area contributed by atoms with E-state index in [0.29, 0.717) is 23.0 Å². The molecule has 2 heterocycles. The number of hydrogen-bond donors (Lipinski definition) is 1. The molecule has 3 aromatic rings. The summed E-state index contributed by atoms with van der Waals surface area (Å²) in [6.45, 7) is 0.298. The summed E-state index contributed by atoms with van der Waals surface area (Å²) in [6, 6.07) is 13.0. The summed E-state index contributed by atoms with van der Waals surface area (Å²) in [7, 11) is -3.46. The zero-order chi connectivity index (χ0) is 17.0. The van der Waals surface area contributed by atoms with Crippen LogP contribution in [-0.2, 0) is 16.4 Å². The van der Waals surface area contributed by atoms with Crippen molar-refractivity contribution in [3.8, 4) is 11.4 Å². The van der Waals surface area contributed by atoms with Gasteiger partial charge in [-0.2, -0.15) is 0 Å². The van der Waals surface area contributed by atoms with Crippen LogP contribution in [0.5, 0.6) is 0 Å². The van der Waals surface area contributed by atoms with E-state index in [2.05, 4.69) is 30.6 Å². The van der Waals surface area contributed by atoms with Crippen LogP contribution in [-0.4, -0.2) is 24.9 Å². The predicted octanol–water partition coefficient (Wildman–Crippen LogP) is 3.49. The molecular weight excluding hydrogens is 410 g/mol. The Kier molecular flexibility index (Phi) is 5.40. The second-order valence-electron chi connectivity index (χ2n) is 4.99. The van der Waals surface area contributed by atoms with Crippen LogP contribution >= 0.6 is 27.3 Å². The Morgan fingerprint density at radius 2 is 1.75 bits per heavy atom. The molecule has 3 rings (SSSR count). The van der Waals surface area contributed by atoms with Crippen LogP contribution in [0.2, 0.25) is 0 Å². The first-order chi connectivity index (χ1) is 11.5. The molecule has 0 amide bonds. The summed E-state index contributed by atoms with van der Waals surface area (Å²) in [6.07, 6.45) is 3.98. The first-order valence-electron chi connectivity index (χ1n) is 7.16. The number of aromatic nitrogens is 2. The summed E-state index contributed by atoms with van der Waals surface area (Å²) in [4.78, 5) is 8.67. The lowest BCUT2D eigenvalue weighted by Crippen LogP contribution is -2.25. The van der Waals surface area contributed by atoms with Crippen molar-refractivity contribution in [1.82, 2.24) is 14.7 Å². The molecule has 0 fully saturated rings. The smallest absolute Gasteiger partial charge is 0.236 e. The third-order valence-corrected chi connectivity index (χ3v) is 6.83. The molecule has 0 saturated heterocycles. The number of sulfonamides is 1. The van der Waals surface area contributed by atoms with Gasteiger partial charge in [0.05, 0.1) is 3.79 Å². The van der Waals surface area contributed by atoms with Gasteiger partial charge in [-0.05, 0) is 40.0 Å². The molecule has 0 atom stereocenters. The summed E-state index contributed by atoms with van der Waals surface area (Å²) >= 11 is 4.45. The van der Waals surface area contributed by atoms with Gasteiger partial charge < -0.3 is 0 Å². The number of thiophene rings is 1. The lowest BCUT2D eigenvalue weighted by Gasteiger charge is -2.05. The monoisotopic (exact) mass is 423 g/mol. The Morgan fingerprint density at radius 3 is 2.38 bits per heavy atom. The van der Waals surface area contributed by atoms with Gasteiger partial charge in [0.15, 0.2) is 5.82 Å². The van der Waals surface area contributed by atoms with Crippen LogP contribution < -0.4 is 4.72 Å². The maximum atomic E-state index is 12.1. The van der Waals surface area contributed by atoms with Crippen molar-refractivity contribution in [2.75, 3.05) is 6.54 Å². The SMILES string of the molecule is O=S(=O)(NCCc1cnc(-c2ccccc2)nc1)c1ccc(Br)s1. The molecule has 0 saturated carbocycles. The zero-order valence-corrected chi connectivity index (χ0v) is 15.7. The van der Waals surface area contributed by atoms with E-state index in [4.69, 9.17) is 0 Å². The van der Waals surface area contributed by atoms with Gasteiger partial charge in [0.1, 0.15) is 4.21 Å². The van der Waals surface area contributed by atoms with Crippen LogP contribution in [0, 0.1) is 0 Å². The van der Waals surface area contributed by atoms with Gasteiger partial charge in [-0.15, -0.1) is 11.3 Å². The van der Waals surface area contributed by atoms with E-state index in [9.17, 15) is 8.42 Å². The van der Waals surface area contributed by atoms with Gasteiger partial charge >= 0.3 is 0 Å². The maximum Gasteiger partial charge on any atom is 0.250 e. The molecule has 24 heavy (non-hydrogen) atoms. The van der Waals surface area contributed by atoms with Gasteiger partial charge in [0, 0.05) is 24.5 Å². The lowest BCUT2D eigenvalue weighted by molar-refractivity contribution is 0.583. The number of benzene rings is 1. The number of rotatable bonds is 6. The maximum absolute atomic E-state index is 12.1. The van der Waals surface area contributed by atoms with Crippen LogP contribution in [0.15, 0.2) is 62.9 Å². The average Bonchev–Trinajstić information content (AvgIpc) is 3.04. The van der Waals surface area contributed by atoms with Gasteiger partial charge in [0.2, 0.25) is 10.0 Å². The first kappa shape index (κ1) is 17.2. The molecule has 124 valence electrons. The Morgan fingerprint density at radius 1 is 1.04 bits per heavy atom. The minimum Gasteiger partial charge on any atom is -0.236 e. The summed E-state index contributed by atoms with van der Waals surface area (Å²) in [5.74, 6) is 0.656. The molecule has 2 aromatic heterocycles. The van der Waals surface area contributed by atoms with Crippen molar-refractivity contribution in [2.24, 2.45) is 0 Å². The molecule has 0 aliphatic rings. The van der Waals surface area contributed by atoms with Crippen molar-refractivity contribution in [3.63, 3.8) is 0 Å². The van der Waals surface area contributed by atoms with Crippen molar-refractivity contribution in [2.45, 2.75) is 10.6 Å². The third kappa shape index (κ3) is 4.27. The van der Waals surface area contributed by atoms with Crippen LogP contribution in [0.1, 0.15) is 5.56 Å². The van der Waals surface area contributed by atoms with E-state index in [0.717, 1.165) is 14.9 Å². The van der Waals surface area contributed by atoms with Crippen molar-refractivity contribution in [3.05, 3.63) is 64.2 Å². The van der Waals surface area contributed by atoms with E-state index in [-0.39, 0.29) is 0 Å². The van der Waals surface area contributed by atoms with E-state index < -0.39 is 10.0 Å². The quantitative estimate of drug-likeness (QED) is 0.658. The molecule has 0 aliphatic heterocycles. The number of hydrogen-bond acceptors (Lipinski definition) is 5. The molecule has 1 N–H and O–H groups in total. The van der Waals surface area contributed by atoms with E-state index in [1.165, 1.54) is 11.3 Å². The first-order valence-corrected chi connectivity index (χ1v) is 10.3. The topological polar surface area (TPSA) is 72.0 Å². The summed E-state index contributed by atoms with van der Waals surface area (Å²) < 4.78 is 27.9. The van der Waals surface area contributed by atoms with Crippen LogP contribution in [0.4, 0.5) is 0 Å². The van der Waals surface area contributed by atoms with E-state index in [1.807, 2.05) is 30.3 Å². The van der Waals surface area contributed by atoms with Gasteiger partial charge in [-0.3, -0.25) is 0 Å². The lowest BCUT2D eigenvalue weighted by atomic mass is 10.2. The van der Waals surface area contributed by atoms with Crippen LogP contribution in [0.3, 0.4) is 0 Å². The van der Waals surface area contributed by atoms with Crippen molar-refractivity contribution >= 4 is 37.3 Å². The highest BCUT2D eigenvalue weighted by Gasteiger charge is 2.15. The van der Waals surface area contributed by atoms with Gasteiger partial charge in [-0.1, -0.05) is 30.3 Å². The highest BCUT2D eigenvalue weighted by Crippen LogP contribution is 2.25. The largest absolute Gasteiger partial charge is 0.250 e. The minimum atomic E-state index is -3.46. The van der Waals surface area contributed by atoms with Gasteiger partial charge in [-0.25, -0.2) is 23.1 Å². The molecule has 0 unspecified atom stereocenters. The fourth-order valence-electron chi connectivity index (χ4n) is 2.06. The van der Waals surface area contributed by atoms with E-state index >= 15 is 0 Å². The highest BCUT2D eigenvalue weighted by molar-refractivity contribution is 9.11. The van der Waals surface area contributed by atoms with Gasteiger partial charge in [0.25, 0.3) is 0 Å². The highest BCUT2D eigenvalue weighted by atomic mass is 79.9. The molecule has 0 radical (unpaired) electrons. The third-order valence-electron chi connectivity index (χ3n) is 3.26. The fraction of sp³-hybridized carbons (Fsp3) is 0.125. The molecule has 1 aromatic carbocycles. The Bertz CT molecular complexity index is 910. The van der Waals surface area contributed by atoms with Crippen molar-refractivity contribution < 1.29 is 8.42 Å². The number of halogens is 1. The number of nitrogens with zero attached hydrogens (tertiary/aromatic N) is 2. The standard InChI is InChI=1S/C16H14BrN3O2S2/c17-14-6-7-15(23-14)24(21,22)20-9-8-12-10-18-16(19-11-12)13-4-2-1-3-5-13/h1-7,10-11,20H,8-9H2. The van der Waals surface area contributed by atoms with Crippen LogP contribution in [0.25, 0.3) is 11.4 Å². The second-order valence-corrected chi connectivity index (χ2v) is 9.44. The summed E-state index contributed by atoms with van der Waals surface area (Å²) in [5.41, 5.74) is 1.83. The predicted molar refractivity (Wildman–Crippen MR) is 98.4 cm³/mol. The van der Waals surface area contributed by atoms with E-state index in [1.54, 1.807) is 24.5 Å². The summed E-state index contributed by atoms with van der Waals surface area (Å²) in [5, 5.41) is 0. The molecule has 5 nitrogen and oxygen atoms in total. The molecule has 0 aliphatic carbocycles. The fourth-order valence-corrected chi connectivity index (χ4v) is 5.15. The molecule has 0 spiro atoms. The second kappa shape index (κ2) is 7.52. The number of nitrogens with one attached hydrogen (secondary N) is 1. The zero-order valence-electron chi connectivity index (χ0n) is 12.5. The van der Waals surface area contributed by atoms with Crippen molar-refractivity contribution in [1.29, 1.82) is 0 Å².